The Hall–Kier alpha value is -2.59. The minimum Gasteiger partial charge on any atom is -0.349 e. The molecular formula is C22H22N2OS. The molecule has 2 aromatic carbocycles. The number of benzene rings is 2. The zero-order chi connectivity index (χ0) is 18.4. The molecule has 0 atom stereocenters. The molecular weight excluding hydrogens is 340 g/mol. The number of carbonyl (C=O) groups is 1. The van der Waals surface area contributed by atoms with E-state index in [1.54, 1.807) is 17.8 Å². The van der Waals surface area contributed by atoms with Crippen molar-refractivity contribution in [2.75, 3.05) is 18.6 Å². The topological polar surface area (TPSA) is 42.0 Å². The lowest BCUT2D eigenvalue weighted by Gasteiger charge is -2.17. The van der Waals surface area contributed by atoms with E-state index in [0.29, 0.717) is 6.54 Å². The van der Waals surface area contributed by atoms with Gasteiger partial charge in [-0.2, -0.15) is 11.8 Å². The molecule has 0 saturated heterocycles. The van der Waals surface area contributed by atoms with Gasteiger partial charge in [0.2, 0.25) is 0 Å². The maximum absolute atomic E-state index is 13.0. The first-order chi connectivity index (χ1) is 12.8. The second-order valence-electron chi connectivity index (χ2n) is 5.94. The van der Waals surface area contributed by atoms with Crippen molar-refractivity contribution in [1.29, 1.82) is 0 Å². The van der Waals surface area contributed by atoms with Crippen LogP contribution in [0.5, 0.6) is 0 Å². The summed E-state index contributed by atoms with van der Waals surface area (Å²) in [5, 5.41) is 3.84. The molecule has 1 amide bonds. The molecule has 1 aromatic heterocycles. The zero-order valence-corrected chi connectivity index (χ0v) is 15.7. The van der Waals surface area contributed by atoms with Gasteiger partial charge in [-0.25, -0.2) is 4.98 Å². The van der Waals surface area contributed by atoms with Crippen LogP contribution in [0.2, 0.25) is 0 Å². The lowest BCUT2D eigenvalue weighted by Crippen LogP contribution is -2.25. The number of aromatic nitrogens is 1. The summed E-state index contributed by atoms with van der Waals surface area (Å²) in [4.78, 5) is 17.9. The molecule has 3 nitrogen and oxygen atoms in total. The Morgan fingerprint density at radius 2 is 1.88 bits per heavy atom. The number of carbonyl (C=O) groups excluding carboxylic acids is 1. The van der Waals surface area contributed by atoms with Crippen molar-refractivity contribution in [1.82, 2.24) is 10.3 Å². The summed E-state index contributed by atoms with van der Waals surface area (Å²) in [6.07, 6.45) is 4.56. The Morgan fingerprint density at radius 3 is 2.62 bits per heavy atom. The molecule has 0 aliphatic heterocycles. The zero-order valence-electron chi connectivity index (χ0n) is 14.9. The molecule has 3 rings (SSSR count). The van der Waals surface area contributed by atoms with Gasteiger partial charge in [-0.1, -0.05) is 54.6 Å². The van der Waals surface area contributed by atoms with E-state index >= 15 is 0 Å². The highest BCUT2D eigenvalue weighted by Gasteiger charge is 2.20. The van der Waals surface area contributed by atoms with Gasteiger partial charge in [-0.05, 0) is 30.1 Å². The molecule has 0 aliphatic carbocycles. The van der Waals surface area contributed by atoms with Crippen LogP contribution in [-0.4, -0.2) is 29.4 Å². The van der Waals surface area contributed by atoms with Crippen LogP contribution >= 0.6 is 11.8 Å². The average molecular weight is 362 g/mol. The Balaban J connectivity index is 2.28. The molecule has 0 unspecified atom stereocenters. The third-order valence-electron chi connectivity index (χ3n) is 4.23. The minimum absolute atomic E-state index is 0.0724. The number of hydrogen-bond acceptors (Lipinski definition) is 3. The number of rotatable bonds is 7. The summed E-state index contributed by atoms with van der Waals surface area (Å²) < 4.78 is 0. The molecule has 0 saturated carbocycles. The van der Waals surface area contributed by atoms with Gasteiger partial charge in [0.15, 0.2) is 0 Å². The molecule has 3 aromatic rings. The van der Waals surface area contributed by atoms with E-state index in [9.17, 15) is 4.79 Å². The third-order valence-corrected chi connectivity index (χ3v) is 4.84. The smallest absolute Gasteiger partial charge is 0.252 e. The molecule has 26 heavy (non-hydrogen) atoms. The lowest BCUT2D eigenvalue weighted by atomic mass is 9.94. The van der Waals surface area contributed by atoms with Gasteiger partial charge in [0.25, 0.3) is 5.91 Å². The molecule has 0 aliphatic rings. The van der Waals surface area contributed by atoms with E-state index in [0.717, 1.165) is 45.5 Å². The number of nitrogens with one attached hydrogen (secondary N) is 1. The number of amides is 1. The van der Waals surface area contributed by atoms with Gasteiger partial charge < -0.3 is 5.32 Å². The monoisotopic (exact) mass is 362 g/mol. The largest absolute Gasteiger partial charge is 0.349 e. The van der Waals surface area contributed by atoms with Gasteiger partial charge in [-0.3, -0.25) is 4.79 Å². The molecule has 0 fully saturated rings. The second-order valence-corrected chi connectivity index (χ2v) is 6.92. The fourth-order valence-electron chi connectivity index (χ4n) is 3.05. The van der Waals surface area contributed by atoms with Crippen LogP contribution in [0.15, 0.2) is 67.3 Å². The number of para-hydroxylation sites is 1. The highest BCUT2D eigenvalue weighted by Crippen LogP contribution is 2.31. The first kappa shape index (κ1) is 18.2. The molecule has 132 valence electrons. The highest BCUT2D eigenvalue weighted by atomic mass is 32.2. The number of fused-ring (bicyclic) bond motifs is 1. The summed E-state index contributed by atoms with van der Waals surface area (Å²) in [5.41, 5.74) is 4.49. The molecule has 0 spiro atoms. The van der Waals surface area contributed by atoms with Crippen molar-refractivity contribution < 1.29 is 4.79 Å². The van der Waals surface area contributed by atoms with Crippen LogP contribution in [0.1, 0.15) is 15.9 Å². The van der Waals surface area contributed by atoms with E-state index in [4.69, 9.17) is 4.98 Å². The van der Waals surface area contributed by atoms with Crippen molar-refractivity contribution in [3.63, 3.8) is 0 Å². The van der Waals surface area contributed by atoms with Crippen molar-refractivity contribution >= 4 is 28.6 Å². The molecule has 1 heterocycles. The fraction of sp³-hybridized carbons (Fsp3) is 0.182. The summed E-state index contributed by atoms with van der Waals surface area (Å²) in [6, 6.07) is 17.9. The van der Waals surface area contributed by atoms with Crippen LogP contribution in [0, 0.1) is 0 Å². The molecule has 0 bridgehead atoms. The maximum Gasteiger partial charge on any atom is 0.252 e. The predicted octanol–water partition coefficient (Wildman–Crippen LogP) is 4.72. The maximum atomic E-state index is 13.0. The van der Waals surface area contributed by atoms with Crippen molar-refractivity contribution in [2.24, 2.45) is 0 Å². The first-order valence-electron chi connectivity index (χ1n) is 8.61. The van der Waals surface area contributed by atoms with Crippen molar-refractivity contribution in [3.8, 4) is 11.3 Å². The Morgan fingerprint density at radius 1 is 1.15 bits per heavy atom. The highest BCUT2D eigenvalue weighted by molar-refractivity contribution is 7.98. The molecule has 1 N–H and O–H groups in total. The van der Waals surface area contributed by atoms with E-state index in [-0.39, 0.29) is 5.91 Å². The quantitative estimate of drug-likeness (QED) is 0.618. The number of pyridine rings is 1. The number of nitrogens with zero attached hydrogens (tertiary/aromatic N) is 1. The van der Waals surface area contributed by atoms with Crippen LogP contribution < -0.4 is 5.32 Å². The second kappa shape index (κ2) is 8.68. The molecule has 0 radical (unpaired) electrons. The van der Waals surface area contributed by atoms with E-state index in [1.807, 2.05) is 54.6 Å². The predicted molar refractivity (Wildman–Crippen MR) is 112 cm³/mol. The van der Waals surface area contributed by atoms with Crippen LogP contribution in [0.4, 0.5) is 0 Å². The molecule has 4 heteroatoms. The number of thioether (sulfide) groups is 1. The van der Waals surface area contributed by atoms with Gasteiger partial charge >= 0.3 is 0 Å². The first-order valence-corrected chi connectivity index (χ1v) is 10.0. The number of hydrogen-bond donors (Lipinski definition) is 1. The Bertz CT molecular complexity index is 922. The van der Waals surface area contributed by atoms with Gasteiger partial charge in [0.05, 0.1) is 16.8 Å². The standard InChI is InChI=1S/C22H22N2OS/c1-3-14-23-22(25)20-17-11-7-8-12-19(17)24-21(18(20)13-15-26-2)16-9-5-4-6-10-16/h3-12H,1,13-15H2,2H3,(H,23,25). The van der Waals surface area contributed by atoms with Crippen molar-refractivity contribution in [3.05, 3.63) is 78.4 Å². The van der Waals surface area contributed by atoms with Crippen LogP contribution in [0.25, 0.3) is 22.2 Å². The van der Waals surface area contributed by atoms with E-state index in [1.165, 1.54) is 0 Å². The SMILES string of the molecule is C=CCNC(=O)c1c(CCSC)c(-c2ccccc2)nc2ccccc12. The lowest BCUT2D eigenvalue weighted by molar-refractivity contribution is 0.0959. The Kier molecular flexibility index (Phi) is 6.08. The third kappa shape index (κ3) is 3.81. The van der Waals surface area contributed by atoms with Crippen LogP contribution in [-0.2, 0) is 6.42 Å². The summed E-state index contributed by atoms with van der Waals surface area (Å²) in [5.74, 6) is 0.860. The van der Waals surface area contributed by atoms with E-state index < -0.39 is 0 Å². The van der Waals surface area contributed by atoms with Crippen molar-refractivity contribution in [2.45, 2.75) is 6.42 Å². The summed E-state index contributed by atoms with van der Waals surface area (Å²) in [6.45, 7) is 4.14. The summed E-state index contributed by atoms with van der Waals surface area (Å²) in [7, 11) is 0. The minimum atomic E-state index is -0.0724. The summed E-state index contributed by atoms with van der Waals surface area (Å²) >= 11 is 1.77. The van der Waals surface area contributed by atoms with Gasteiger partial charge in [-0.15, -0.1) is 6.58 Å². The van der Waals surface area contributed by atoms with Gasteiger partial charge in [0.1, 0.15) is 0 Å². The van der Waals surface area contributed by atoms with E-state index in [2.05, 4.69) is 18.2 Å². The Labute approximate surface area is 158 Å². The normalized spacial score (nSPS) is 10.7. The van der Waals surface area contributed by atoms with Gasteiger partial charge in [0, 0.05) is 17.5 Å². The fourth-order valence-corrected chi connectivity index (χ4v) is 3.45. The average Bonchev–Trinajstić information content (AvgIpc) is 2.70. The van der Waals surface area contributed by atoms with Crippen LogP contribution in [0.3, 0.4) is 0 Å².